The Morgan fingerprint density at radius 1 is 1.00 bits per heavy atom. The number of carbonyl (C=O) groups is 1. The van der Waals surface area contributed by atoms with Crippen molar-refractivity contribution in [1.29, 1.82) is 0 Å². The number of aryl methyl sites for hydroxylation is 2. The van der Waals surface area contributed by atoms with E-state index in [0.717, 1.165) is 34.6 Å². The molecular weight excluding hydrogens is 310 g/mol. The van der Waals surface area contributed by atoms with Crippen molar-refractivity contribution in [3.05, 3.63) is 83.7 Å². The predicted molar refractivity (Wildman–Crippen MR) is 102 cm³/mol. The summed E-state index contributed by atoms with van der Waals surface area (Å²) >= 11 is 0. The summed E-state index contributed by atoms with van der Waals surface area (Å²) in [5.74, 6) is -0.165. The molecule has 4 heteroatoms. The fourth-order valence-electron chi connectivity index (χ4n) is 2.65. The van der Waals surface area contributed by atoms with Crippen molar-refractivity contribution in [2.75, 3.05) is 10.6 Å². The van der Waals surface area contributed by atoms with E-state index in [0.29, 0.717) is 5.56 Å². The fraction of sp³-hybridized carbons (Fsp3) is 0.143. The molecule has 0 bridgehead atoms. The maximum Gasteiger partial charge on any atom is 0.257 e. The van der Waals surface area contributed by atoms with Gasteiger partial charge in [0.05, 0.1) is 17.4 Å². The number of hydrogen-bond donors (Lipinski definition) is 2. The SMILES string of the molecule is CCc1ccccc1NC(=O)c1cncc(Nc2ccccc2C)c1. The van der Waals surface area contributed by atoms with Gasteiger partial charge in [-0.1, -0.05) is 43.3 Å². The number of pyridine rings is 1. The molecule has 1 heterocycles. The zero-order chi connectivity index (χ0) is 17.6. The summed E-state index contributed by atoms with van der Waals surface area (Å²) in [5, 5.41) is 6.28. The lowest BCUT2D eigenvalue weighted by Crippen LogP contribution is -2.13. The maximum absolute atomic E-state index is 12.6. The summed E-state index contributed by atoms with van der Waals surface area (Å²) in [5.41, 5.74) is 5.38. The standard InChI is InChI=1S/C21H21N3O/c1-3-16-9-5-7-11-20(16)24-21(25)17-12-18(14-22-13-17)23-19-10-6-4-8-15(19)2/h4-14,23H,3H2,1-2H3,(H,24,25). The number of nitrogens with zero attached hydrogens (tertiary/aromatic N) is 1. The molecule has 1 aromatic heterocycles. The number of nitrogens with one attached hydrogen (secondary N) is 2. The molecule has 2 N–H and O–H groups in total. The molecule has 0 saturated carbocycles. The predicted octanol–water partition coefficient (Wildman–Crippen LogP) is 4.95. The van der Waals surface area contributed by atoms with E-state index in [4.69, 9.17) is 0 Å². The highest BCUT2D eigenvalue weighted by atomic mass is 16.1. The molecule has 126 valence electrons. The van der Waals surface area contributed by atoms with Crippen LogP contribution in [0.3, 0.4) is 0 Å². The number of amides is 1. The minimum atomic E-state index is -0.165. The normalized spacial score (nSPS) is 10.3. The molecule has 0 radical (unpaired) electrons. The van der Waals surface area contributed by atoms with Crippen LogP contribution >= 0.6 is 0 Å². The van der Waals surface area contributed by atoms with Gasteiger partial charge in [0.1, 0.15) is 0 Å². The molecule has 4 nitrogen and oxygen atoms in total. The zero-order valence-electron chi connectivity index (χ0n) is 14.4. The number of hydrogen-bond acceptors (Lipinski definition) is 3. The van der Waals surface area contributed by atoms with Crippen molar-refractivity contribution in [1.82, 2.24) is 4.98 Å². The third kappa shape index (κ3) is 4.04. The van der Waals surface area contributed by atoms with Gasteiger partial charge in [0.15, 0.2) is 0 Å². The summed E-state index contributed by atoms with van der Waals surface area (Å²) in [4.78, 5) is 16.8. The lowest BCUT2D eigenvalue weighted by molar-refractivity contribution is 0.102. The summed E-state index contributed by atoms with van der Waals surface area (Å²) < 4.78 is 0. The van der Waals surface area contributed by atoms with Crippen LogP contribution in [0.1, 0.15) is 28.4 Å². The second-order valence-corrected chi connectivity index (χ2v) is 5.87. The molecule has 0 unspecified atom stereocenters. The maximum atomic E-state index is 12.6. The third-order valence-corrected chi connectivity index (χ3v) is 4.07. The van der Waals surface area contributed by atoms with E-state index in [-0.39, 0.29) is 5.91 Å². The van der Waals surface area contributed by atoms with Crippen molar-refractivity contribution in [3.8, 4) is 0 Å². The number of aromatic nitrogens is 1. The van der Waals surface area contributed by atoms with Gasteiger partial charge in [0, 0.05) is 17.6 Å². The number of anilines is 3. The Kier molecular flexibility index (Phi) is 5.09. The molecule has 3 rings (SSSR count). The van der Waals surface area contributed by atoms with E-state index >= 15 is 0 Å². The van der Waals surface area contributed by atoms with Crippen LogP contribution in [0.15, 0.2) is 67.0 Å². The first-order valence-electron chi connectivity index (χ1n) is 8.34. The third-order valence-electron chi connectivity index (χ3n) is 4.07. The van der Waals surface area contributed by atoms with E-state index in [1.165, 1.54) is 0 Å². The van der Waals surface area contributed by atoms with Gasteiger partial charge in [-0.3, -0.25) is 9.78 Å². The fourth-order valence-corrected chi connectivity index (χ4v) is 2.65. The van der Waals surface area contributed by atoms with Crippen LogP contribution in [0.25, 0.3) is 0 Å². The highest BCUT2D eigenvalue weighted by Gasteiger charge is 2.10. The van der Waals surface area contributed by atoms with E-state index in [9.17, 15) is 4.79 Å². The van der Waals surface area contributed by atoms with E-state index in [1.807, 2.05) is 61.5 Å². The van der Waals surface area contributed by atoms with Gasteiger partial charge >= 0.3 is 0 Å². The number of para-hydroxylation sites is 2. The highest BCUT2D eigenvalue weighted by Crippen LogP contribution is 2.21. The number of rotatable bonds is 5. The summed E-state index contributed by atoms with van der Waals surface area (Å²) in [7, 11) is 0. The molecule has 0 atom stereocenters. The topological polar surface area (TPSA) is 54.0 Å². The van der Waals surface area contributed by atoms with Gasteiger partial charge < -0.3 is 10.6 Å². The Labute approximate surface area is 147 Å². The van der Waals surface area contributed by atoms with Gasteiger partial charge in [-0.05, 0) is 42.7 Å². The van der Waals surface area contributed by atoms with Crippen LogP contribution in [0.5, 0.6) is 0 Å². The van der Waals surface area contributed by atoms with Gasteiger partial charge in [-0.2, -0.15) is 0 Å². The monoisotopic (exact) mass is 331 g/mol. The van der Waals surface area contributed by atoms with Gasteiger partial charge in [0.25, 0.3) is 5.91 Å². The number of benzene rings is 2. The molecule has 0 spiro atoms. The molecule has 0 saturated heterocycles. The van der Waals surface area contributed by atoms with Crippen molar-refractivity contribution in [2.45, 2.75) is 20.3 Å². The average molecular weight is 331 g/mol. The molecule has 0 aliphatic carbocycles. The average Bonchev–Trinajstić information content (AvgIpc) is 2.64. The van der Waals surface area contributed by atoms with Crippen molar-refractivity contribution < 1.29 is 4.79 Å². The Bertz CT molecular complexity index is 890. The summed E-state index contributed by atoms with van der Waals surface area (Å²) in [6.45, 7) is 4.10. The first-order valence-corrected chi connectivity index (χ1v) is 8.34. The van der Waals surface area contributed by atoms with Crippen molar-refractivity contribution in [2.24, 2.45) is 0 Å². The Morgan fingerprint density at radius 2 is 1.72 bits per heavy atom. The Balaban J connectivity index is 1.79. The lowest BCUT2D eigenvalue weighted by Gasteiger charge is -2.12. The summed E-state index contributed by atoms with van der Waals surface area (Å²) in [6, 6.07) is 17.6. The van der Waals surface area contributed by atoms with Gasteiger partial charge in [0.2, 0.25) is 0 Å². The van der Waals surface area contributed by atoms with Crippen molar-refractivity contribution in [3.63, 3.8) is 0 Å². The van der Waals surface area contributed by atoms with Crippen LogP contribution in [-0.2, 0) is 6.42 Å². The highest BCUT2D eigenvalue weighted by molar-refractivity contribution is 6.05. The Morgan fingerprint density at radius 3 is 2.48 bits per heavy atom. The van der Waals surface area contributed by atoms with E-state index in [2.05, 4.69) is 22.5 Å². The van der Waals surface area contributed by atoms with Crippen LogP contribution in [0.4, 0.5) is 17.1 Å². The summed E-state index contributed by atoms with van der Waals surface area (Å²) in [6.07, 6.45) is 4.15. The lowest BCUT2D eigenvalue weighted by atomic mass is 10.1. The second kappa shape index (κ2) is 7.62. The first-order chi connectivity index (χ1) is 12.2. The smallest absolute Gasteiger partial charge is 0.257 e. The molecule has 1 amide bonds. The van der Waals surface area contributed by atoms with Gasteiger partial charge in [-0.25, -0.2) is 0 Å². The molecule has 2 aromatic carbocycles. The molecule has 3 aromatic rings. The quantitative estimate of drug-likeness (QED) is 0.695. The van der Waals surface area contributed by atoms with Crippen LogP contribution in [0, 0.1) is 6.92 Å². The molecule has 0 aliphatic rings. The van der Waals surface area contributed by atoms with Crippen molar-refractivity contribution >= 4 is 23.0 Å². The van der Waals surface area contributed by atoms with Crippen LogP contribution in [-0.4, -0.2) is 10.9 Å². The molecular formula is C21H21N3O. The van der Waals surface area contributed by atoms with E-state index in [1.54, 1.807) is 12.4 Å². The van der Waals surface area contributed by atoms with Gasteiger partial charge in [-0.15, -0.1) is 0 Å². The molecule has 25 heavy (non-hydrogen) atoms. The minimum Gasteiger partial charge on any atom is -0.354 e. The van der Waals surface area contributed by atoms with Crippen LogP contribution < -0.4 is 10.6 Å². The Hall–Kier alpha value is -3.14. The van der Waals surface area contributed by atoms with Crippen LogP contribution in [0.2, 0.25) is 0 Å². The zero-order valence-corrected chi connectivity index (χ0v) is 14.4. The molecule has 0 fully saturated rings. The van der Waals surface area contributed by atoms with E-state index < -0.39 is 0 Å². The molecule has 0 aliphatic heterocycles. The minimum absolute atomic E-state index is 0.165. The first kappa shape index (κ1) is 16.7. The number of carbonyl (C=O) groups excluding carboxylic acids is 1. The second-order valence-electron chi connectivity index (χ2n) is 5.87. The largest absolute Gasteiger partial charge is 0.354 e.